The van der Waals surface area contributed by atoms with Crippen molar-refractivity contribution in [3.63, 3.8) is 0 Å². The van der Waals surface area contributed by atoms with Crippen molar-refractivity contribution in [2.75, 3.05) is 20.2 Å². The van der Waals surface area contributed by atoms with Crippen molar-refractivity contribution in [1.29, 1.82) is 0 Å². The Morgan fingerprint density at radius 1 is 1.35 bits per heavy atom. The van der Waals surface area contributed by atoms with Gasteiger partial charge in [-0.25, -0.2) is 4.98 Å². The number of hydrogen-bond donors (Lipinski definition) is 2. The van der Waals surface area contributed by atoms with E-state index in [4.69, 9.17) is 4.74 Å². The van der Waals surface area contributed by atoms with Crippen LogP contribution < -0.4 is 15.4 Å². The summed E-state index contributed by atoms with van der Waals surface area (Å²) in [4.78, 5) is 17.1. The van der Waals surface area contributed by atoms with E-state index in [1.54, 1.807) is 13.3 Å². The first-order valence-corrected chi connectivity index (χ1v) is 8.31. The third-order valence-electron chi connectivity index (χ3n) is 4.52. The van der Waals surface area contributed by atoms with E-state index in [0.717, 1.165) is 43.1 Å². The lowest BCUT2D eigenvalue weighted by molar-refractivity contribution is -0.126. The van der Waals surface area contributed by atoms with Gasteiger partial charge in [-0.2, -0.15) is 0 Å². The predicted octanol–water partition coefficient (Wildman–Crippen LogP) is 2.48. The molecule has 1 aliphatic rings. The molecule has 26 heavy (non-hydrogen) atoms. The van der Waals surface area contributed by atoms with E-state index in [-0.39, 0.29) is 42.7 Å². The summed E-state index contributed by atoms with van der Waals surface area (Å²) < 4.78 is 7.16. The number of amides is 1. The second-order valence-electron chi connectivity index (χ2n) is 6.15. The van der Waals surface area contributed by atoms with Crippen molar-refractivity contribution >= 4 is 30.7 Å². The van der Waals surface area contributed by atoms with Crippen LogP contribution in [0.2, 0.25) is 0 Å². The molecule has 1 saturated heterocycles. The summed E-state index contributed by atoms with van der Waals surface area (Å²) in [6.07, 6.45) is 5.60. The van der Waals surface area contributed by atoms with Crippen LogP contribution in [0.5, 0.6) is 5.75 Å². The largest absolute Gasteiger partial charge is 0.497 e. The van der Waals surface area contributed by atoms with Gasteiger partial charge in [0.15, 0.2) is 0 Å². The van der Waals surface area contributed by atoms with Gasteiger partial charge in [-0.15, -0.1) is 24.8 Å². The monoisotopic (exact) mass is 400 g/mol. The standard InChI is InChI=1S/C18H24N4O2.2ClH/c1-22-11-10-20-17(22)16(13-5-7-15(24-2)8-6-13)21-18(23)14-4-3-9-19-12-14;;/h5-8,10-11,14,16,19H,3-4,9,12H2,1-2H3,(H,21,23);2*1H. The molecule has 1 amide bonds. The zero-order valence-electron chi connectivity index (χ0n) is 15.0. The number of methoxy groups -OCH3 is 1. The number of nitrogens with one attached hydrogen (secondary N) is 2. The molecule has 2 heterocycles. The molecule has 0 saturated carbocycles. The van der Waals surface area contributed by atoms with Gasteiger partial charge in [0, 0.05) is 26.0 Å². The van der Waals surface area contributed by atoms with Crippen LogP contribution in [-0.2, 0) is 11.8 Å². The maximum Gasteiger partial charge on any atom is 0.225 e. The molecule has 3 rings (SSSR count). The molecule has 2 N–H and O–H groups in total. The number of benzene rings is 1. The number of nitrogens with zero attached hydrogens (tertiary/aromatic N) is 2. The summed E-state index contributed by atoms with van der Waals surface area (Å²) in [7, 11) is 3.58. The van der Waals surface area contributed by atoms with E-state index >= 15 is 0 Å². The van der Waals surface area contributed by atoms with Crippen molar-refractivity contribution in [1.82, 2.24) is 20.2 Å². The van der Waals surface area contributed by atoms with Gasteiger partial charge in [-0.05, 0) is 37.1 Å². The summed E-state index contributed by atoms with van der Waals surface area (Å²) in [5.74, 6) is 1.70. The van der Waals surface area contributed by atoms with Crippen LogP contribution in [0.15, 0.2) is 36.7 Å². The Morgan fingerprint density at radius 2 is 2.08 bits per heavy atom. The predicted molar refractivity (Wildman–Crippen MR) is 106 cm³/mol. The van der Waals surface area contributed by atoms with Crippen LogP contribution in [0.3, 0.4) is 0 Å². The van der Waals surface area contributed by atoms with Crippen molar-refractivity contribution in [2.45, 2.75) is 18.9 Å². The van der Waals surface area contributed by atoms with Crippen LogP contribution in [0.25, 0.3) is 0 Å². The number of carbonyl (C=O) groups excluding carboxylic acids is 1. The lowest BCUT2D eigenvalue weighted by Gasteiger charge is -2.25. The Balaban J connectivity index is 0.00000169. The van der Waals surface area contributed by atoms with E-state index in [0.29, 0.717) is 0 Å². The molecule has 0 aliphatic carbocycles. The molecule has 2 atom stereocenters. The average Bonchev–Trinajstić information content (AvgIpc) is 3.06. The van der Waals surface area contributed by atoms with Gasteiger partial charge in [0.05, 0.1) is 13.0 Å². The van der Waals surface area contributed by atoms with Crippen molar-refractivity contribution in [3.05, 3.63) is 48.0 Å². The molecule has 2 aromatic rings. The highest BCUT2D eigenvalue weighted by atomic mass is 35.5. The minimum absolute atomic E-state index is 0. The van der Waals surface area contributed by atoms with E-state index in [1.165, 1.54) is 0 Å². The van der Waals surface area contributed by atoms with Gasteiger partial charge < -0.3 is 19.9 Å². The Morgan fingerprint density at radius 3 is 2.62 bits per heavy atom. The van der Waals surface area contributed by atoms with E-state index in [1.807, 2.05) is 42.1 Å². The SMILES string of the molecule is COc1ccc(C(NC(=O)C2CCCNC2)c2nccn2C)cc1.Cl.Cl. The highest BCUT2D eigenvalue weighted by Crippen LogP contribution is 2.24. The number of carbonyl (C=O) groups is 1. The summed E-state index contributed by atoms with van der Waals surface area (Å²) >= 11 is 0. The minimum atomic E-state index is -0.273. The number of imidazole rings is 1. The number of rotatable bonds is 5. The summed E-state index contributed by atoms with van der Waals surface area (Å²) in [5.41, 5.74) is 0.988. The topological polar surface area (TPSA) is 68.2 Å². The normalized spacial score (nSPS) is 17.4. The third-order valence-corrected chi connectivity index (χ3v) is 4.52. The molecule has 0 spiro atoms. The molecule has 0 bridgehead atoms. The van der Waals surface area contributed by atoms with Gasteiger partial charge in [0.2, 0.25) is 5.91 Å². The number of halogens is 2. The van der Waals surface area contributed by atoms with Gasteiger partial charge in [0.25, 0.3) is 0 Å². The molecule has 2 unspecified atom stereocenters. The Hall–Kier alpha value is -1.76. The first-order chi connectivity index (χ1) is 11.7. The van der Waals surface area contributed by atoms with Crippen molar-refractivity contribution in [2.24, 2.45) is 13.0 Å². The molecule has 1 aliphatic heterocycles. The van der Waals surface area contributed by atoms with Crippen LogP contribution in [-0.4, -0.2) is 35.7 Å². The molecule has 1 aromatic carbocycles. The highest BCUT2D eigenvalue weighted by molar-refractivity contribution is 5.85. The molecule has 0 radical (unpaired) electrons. The van der Waals surface area contributed by atoms with Crippen LogP contribution in [0, 0.1) is 5.92 Å². The van der Waals surface area contributed by atoms with Crippen molar-refractivity contribution < 1.29 is 9.53 Å². The van der Waals surface area contributed by atoms with E-state index in [9.17, 15) is 4.79 Å². The maximum absolute atomic E-state index is 12.7. The van der Waals surface area contributed by atoms with Gasteiger partial charge in [0.1, 0.15) is 17.6 Å². The minimum Gasteiger partial charge on any atom is -0.497 e. The summed E-state index contributed by atoms with van der Waals surface area (Å²) in [6, 6.07) is 7.47. The van der Waals surface area contributed by atoms with Gasteiger partial charge >= 0.3 is 0 Å². The zero-order valence-corrected chi connectivity index (χ0v) is 16.6. The number of aryl methyl sites for hydroxylation is 1. The van der Waals surface area contributed by atoms with Gasteiger partial charge in [-0.1, -0.05) is 12.1 Å². The summed E-state index contributed by atoms with van der Waals surface area (Å²) in [5, 5.41) is 6.47. The smallest absolute Gasteiger partial charge is 0.225 e. The maximum atomic E-state index is 12.7. The molecule has 144 valence electrons. The lowest BCUT2D eigenvalue weighted by atomic mass is 9.97. The van der Waals surface area contributed by atoms with Crippen molar-refractivity contribution in [3.8, 4) is 5.75 Å². The van der Waals surface area contributed by atoms with Crippen LogP contribution >= 0.6 is 24.8 Å². The van der Waals surface area contributed by atoms with Crippen LogP contribution in [0.1, 0.15) is 30.3 Å². The number of aromatic nitrogens is 2. The second kappa shape index (κ2) is 10.4. The van der Waals surface area contributed by atoms with Gasteiger partial charge in [-0.3, -0.25) is 4.79 Å². The number of ether oxygens (including phenoxy) is 1. The molecule has 1 aromatic heterocycles. The molecule has 1 fully saturated rings. The first kappa shape index (κ1) is 22.3. The second-order valence-corrected chi connectivity index (χ2v) is 6.15. The molecular weight excluding hydrogens is 375 g/mol. The van der Waals surface area contributed by atoms with E-state index < -0.39 is 0 Å². The van der Waals surface area contributed by atoms with Crippen LogP contribution in [0.4, 0.5) is 0 Å². The quantitative estimate of drug-likeness (QED) is 0.808. The van der Waals surface area contributed by atoms with E-state index in [2.05, 4.69) is 15.6 Å². The molecule has 8 heteroatoms. The highest BCUT2D eigenvalue weighted by Gasteiger charge is 2.26. The Kier molecular flexibility index (Phi) is 8.92. The third kappa shape index (κ3) is 5.13. The molecular formula is C18H26Cl2N4O2. The Labute approximate surface area is 166 Å². The zero-order chi connectivity index (χ0) is 16.9. The summed E-state index contributed by atoms with van der Waals surface area (Å²) in [6.45, 7) is 1.73. The lowest BCUT2D eigenvalue weighted by Crippen LogP contribution is -2.42. The average molecular weight is 401 g/mol. The number of hydrogen-bond acceptors (Lipinski definition) is 4. The number of piperidine rings is 1. The first-order valence-electron chi connectivity index (χ1n) is 8.31. The fraction of sp³-hybridized carbons (Fsp3) is 0.444. The fourth-order valence-corrected chi connectivity index (χ4v) is 3.08. The molecule has 6 nitrogen and oxygen atoms in total. The Bertz CT molecular complexity index is 685. The fourth-order valence-electron chi connectivity index (χ4n) is 3.08.